The number of anilines is 2. The monoisotopic (exact) mass is 454 g/mol. The molecule has 1 saturated heterocycles. The second-order valence-corrected chi connectivity index (χ2v) is 8.23. The third-order valence-electron chi connectivity index (χ3n) is 5.62. The van der Waals surface area contributed by atoms with Crippen molar-refractivity contribution < 1.29 is 9.53 Å². The van der Waals surface area contributed by atoms with Gasteiger partial charge >= 0.3 is 0 Å². The number of morpholine rings is 1. The van der Waals surface area contributed by atoms with E-state index in [0.29, 0.717) is 54.3 Å². The Bertz CT molecular complexity index is 1170. The van der Waals surface area contributed by atoms with Crippen LogP contribution in [0.2, 0.25) is 5.02 Å². The van der Waals surface area contributed by atoms with Crippen LogP contribution in [-0.2, 0) is 11.3 Å². The lowest BCUT2D eigenvalue weighted by molar-refractivity contribution is 0.102. The third-order valence-corrected chi connectivity index (χ3v) is 5.92. The summed E-state index contributed by atoms with van der Waals surface area (Å²) < 4.78 is 6.86. The summed E-state index contributed by atoms with van der Waals surface area (Å²) in [6, 6.07) is 12.5. The number of aromatic nitrogens is 2. The summed E-state index contributed by atoms with van der Waals surface area (Å²) in [4.78, 5) is 28.4. The van der Waals surface area contributed by atoms with Crippen molar-refractivity contribution in [2.75, 3.05) is 36.5 Å². The second kappa shape index (κ2) is 10.1. The van der Waals surface area contributed by atoms with Gasteiger partial charge in [-0.2, -0.15) is 5.10 Å². The molecule has 2 heterocycles. The van der Waals surface area contributed by atoms with Crippen LogP contribution in [0, 0.1) is 0 Å². The number of aryl methyl sites for hydroxylation is 1. The standard InChI is InChI=1S/C24H27ClN4O3/c1-2-3-6-12-29-24(31)18-9-5-4-8-17(18)21(27-29)23(30)26-20-11-7-10-19(25)22(20)28-13-15-32-16-14-28/h4-5,7-11H,2-3,6,12-16H2,1H3,(H,26,30). The van der Waals surface area contributed by atoms with Crippen LogP contribution < -0.4 is 15.8 Å². The molecule has 0 aliphatic carbocycles. The normalized spacial score (nSPS) is 14.0. The fourth-order valence-electron chi connectivity index (χ4n) is 3.97. The molecule has 1 amide bonds. The van der Waals surface area contributed by atoms with Crippen LogP contribution in [0.1, 0.15) is 36.7 Å². The number of amides is 1. The highest BCUT2D eigenvalue weighted by molar-refractivity contribution is 6.34. The van der Waals surface area contributed by atoms with E-state index in [9.17, 15) is 9.59 Å². The van der Waals surface area contributed by atoms with Crippen molar-refractivity contribution in [3.63, 3.8) is 0 Å². The number of rotatable bonds is 7. The van der Waals surface area contributed by atoms with Gasteiger partial charge in [-0.25, -0.2) is 4.68 Å². The van der Waals surface area contributed by atoms with Gasteiger partial charge in [-0.1, -0.05) is 55.6 Å². The molecule has 1 aromatic heterocycles. The van der Waals surface area contributed by atoms with Gasteiger partial charge in [-0.15, -0.1) is 0 Å². The maximum Gasteiger partial charge on any atom is 0.276 e. The van der Waals surface area contributed by atoms with E-state index >= 15 is 0 Å². The van der Waals surface area contributed by atoms with E-state index in [2.05, 4.69) is 22.2 Å². The van der Waals surface area contributed by atoms with Crippen LogP contribution in [0.15, 0.2) is 47.3 Å². The molecule has 0 atom stereocenters. The predicted molar refractivity (Wildman–Crippen MR) is 128 cm³/mol. The zero-order chi connectivity index (χ0) is 22.5. The second-order valence-electron chi connectivity index (χ2n) is 7.82. The Morgan fingerprint density at radius 3 is 2.59 bits per heavy atom. The topological polar surface area (TPSA) is 76.5 Å². The molecule has 168 valence electrons. The lowest BCUT2D eigenvalue weighted by atomic mass is 10.1. The molecule has 0 bridgehead atoms. The summed E-state index contributed by atoms with van der Waals surface area (Å²) >= 11 is 6.51. The number of carbonyl (C=O) groups is 1. The van der Waals surface area contributed by atoms with Crippen molar-refractivity contribution in [1.29, 1.82) is 0 Å². The molecule has 0 unspecified atom stereocenters. The summed E-state index contributed by atoms with van der Waals surface area (Å²) in [6.45, 7) is 5.17. The third kappa shape index (κ3) is 4.64. The van der Waals surface area contributed by atoms with Crippen LogP contribution in [0.5, 0.6) is 0 Å². The molecule has 32 heavy (non-hydrogen) atoms. The van der Waals surface area contributed by atoms with Crippen LogP contribution in [0.25, 0.3) is 10.8 Å². The zero-order valence-electron chi connectivity index (χ0n) is 18.1. The fourth-order valence-corrected chi connectivity index (χ4v) is 4.27. The zero-order valence-corrected chi connectivity index (χ0v) is 18.9. The van der Waals surface area contributed by atoms with Gasteiger partial charge in [0.15, 0.2) is 5.69 Å². The largest absolute Gasteiger partial charge is 0.378 e. The summed E-state index contributed by atoms with van der Waals surface area (Å²) in [5, 5.41) is 9.04. The molecule has 7 nitrogen and oxygen atoms in total. The van der Waals surface area contributed by atoms with Gasteiger partial charge in [0.05, 0.1) is 35.0 Å². The first kappa shape index (κ1) is 22.3. The fraction of sp³-hybridized carbons (Fsp3) is 0.375. The van der Waals surface area contributed by atoms with Gasteiger partial charge in [-0.05, 0) is 24.6 Å². The number of ether oxygens (including phenoxy) is 1. The lowest BCUT2D eigenvalue weighted by Gasteiger charge is -2.31. The number of fused-ring (bicyclic) bond motifs is 1. The van der Waals surface area contributed by atoms with Crippen molar-refractivity contribution in [3.05, 3.63) is 63.5 Å². The van der Waals surface area contributed by atoms with E-state index in [4.69, 9.17) is 16.3 Å². The Morgan fingerprint density at radius 1 is 1.09 bits per heavy atom. The minimum absolute atomic E-state index is 0.176. The number of nitrogens with one attached hydrogen (secondary N) is 1. The molecule has 4 rings (SSSR count). The minimum Gasteiger partial charge on any atom is -0.378 e. The predicted octanol–water partition coefficient (Wildman–Crippen LogP) is 4.33. The smallest absolute Gasteiger partial charge is 0.276 e. The van der Waals surface area contributed by atoms with Crippen LogP contribution in [0.4, 0.5) is 11.4 Å². The minimum atomic E-state index is -0.373. The summed E-state index contributed by atoms with van der Waals surface area (Å²) in [5.74, 6) is -0.373. The van der Waals surface area contributed by atoms with Crippen LogP contribution >= 0.6 is 11.6 Å². The maximum absolute atomic E-state index is 13.4. The van der Waals surface area contributed by atoms with Crippen molar-refractivity contribution in [1.82, 2.24) is 9.78 Å². The number of para-hydroxylation sites is 1. The maximum atomic E-state index is 13.4. The number of hydrogen-bond donors (Lipinski definition) is 1. The van der Waals surface area contributed by atoms with Gasteiger partial charge in [-0.3, -0.25) is 9.59 Å². The van der Waals surface area contributed by atoms with Crippen molar-refractivity contribution in [2.24, 2.45) is 0 Å². The Balaban J connectivity index is 1.71. The number of halogens is 1. The molecule has 1 fully saturated rings. The van der Waals surface area contributed by atoms with Gasteiger partial charge < -0.3 is 15.0 Å². The van der Waals surface area contributed by atoms with Gasteiger partial charge in [0, 0.05) is 25.0 Å². The van der Waals surface area contributed by atoms with Crippen LogP contribution in [-0.4, -0.2) is 42.0 Å². The number of benzene rings is 2. The van der Waals surface area contributed by atoms with E-state index in [-0.39, 0.29) is 17.2 Å². The molecule has 0 radical (unpaired) electrons. The lowest BCUT2D eigenvalue weighted by Crippen LogP contribution is -2.37. The van der Waals surface area contributed by atoms with Crippen LogP contribution in [0.3, 0.4) is 0 Å². The highest BCUT2D eigenvalue weighted by Crippen LogP contribution is 2.34. The average molecular weight is 455 g/mol. The Kier molecular flexibility index (Phi) is 7.07. The molecule has 0 spiro atoms. The first-order chi connectivity index (χ1) is 15.6. The highest BCUT2D eigenvalue weighted by atomic mass is 35.5. The van der Waals surface area contributed by atoms with E-state index in [1.165, 1.54) is 4.68 Å². The number of unbranched alkanes of at least 4 members (excludes halogenated alkanes) is 2. The first-order valence-electron chi connectivity index (χ1n) is 11.0. The van der Waals surface area contributed by atoms with Crippen molar-refractivity contribution in [3.8, 4) is 0 Å². The molecule has 1 N–H and O–H groups in total. The van der Waals surface area contributed by atoms with E-state index in [0.717, 1.165) is 24.9 Å². The summed E-state index contributed by atoms with van der Waals surface area (Å²) in [5.41, 5.74) is 1.43. The quantitative estimate of drug-likeness (QED) is 0.538. The molecule has 1 aliphatic rings. The molecule has 2 aromatic carbocycles. The van der Waals surface area contributed by atoms with Gasteiger partial charge in [0.1, 0.15) is 0 Å². The van der Waals surface area contributed by atoms with E-state index in [1.807, 2.05) is 12.1 Å². The highest BCUT2D eigenvalue weighted by Gasteiger charge is 2.22. The number of carbonyl (C=O) groups excluding carboxylic acids is 1. The molecule has 8 heteroatoms. The average Bonchev–Trinajstić information content (AvgIpc) is 2.81. The summed E-state index contributed by atoms with van der Waals surface area (Å²) in [6.07, 6.45) is 2.86. The number of nitrogens with zero attached hydrogens (tertiary/aromatic N) is 3. The Hall–Kier alpha value is -2.90. The molecular weight excluding hydrogens is 428 g/mol. The van der Waals surface area contributed by atoms with E-state index in [1.54, 1.807) is 30.3 Å². The van der Waals surface area contributed by atoms with E-state index < -0.39 is 0 Å². The molecule has 1 aliphatic heterocycles. The van der Waals surface area contributed by atoms with Crippen molar-refractivity contribution in [2.45, 2.75) is 32.7 Å². The Labute approximate surface area is 191 Å². The SMILES string of the molecule is CCCCCn1nc(C(=O)Nc2cccc(Cl)c2N2CCOCC2)c2ccccc2c1=O. The number of hydrogen-bond acceptors (Lipinski definition) is 5. The molecule has 0 saturated carbocycles. The summed E-state index contributed by atoms with van der Waals surface area (Å²) in [7, 11) is 0. The molecule has 3 aromatic rings. The van der Waals surface area contributed by atoms with Crippen molar-refractivity contribution >= 4 is 39.7 Å². The molecular formula is C24H27ClN4O3. The Morgan fingerprint density at radius 2 is 1.84 bits per heavy atom. The first-order valence-corrected chi connectivity index (χ1v) is 11.4. The van der Waals surface area contributed by atoms with Gasteiger partial charge in [0.2, 0.25) is 0 Å². The van der Waals surface area contributed by atoms with Gasteiger partial charge in [0.25, 0.3) is 11.5 Å².